The van der Waals surface area contributed by atoms with Crippen molar-refractivity contribution in [3.05, 3.63) is 0 Å². The Hall–Kier alpha value is -1.10. The number of nitrogens with two attached hydrogens (primary N) is 1. The minimum Gasteiger partial charge on any atom is -0.480 e. The second-order valence-corrected chi connectivity index (χ2v) is 5.99. The summed E-state index contributed by atoms with van der Waals surface area (Å²) in [4.78, 5) is 25.6. The zero-order valence-electron chi connectivity index (χ0n) is 11.5. The van der Waals surface area contributed by atoms with Crippen LogP contribution in [0.2, 0.25) is 0 Å². The summed E-state index contributed by atoms with van der Waals surface area (Å²) in [7, 11) is 0. The minimum atomic E-state index is -0.884. The Labute approximate surface area is 114 Å². The summed E-state index contributed by atoms with van der Waals surface area (Å²) in [6, 6.07) is -0.775. The summed E-state index contributed by atoms with van der Waals surface area (Å²) in [5.74, 6) is -1.08. The van der Waals surface area contributed by atoms with E-state index in [1.165, 1.54) is 0 Å². The number of aliphatic carboxylic acids is 1. The lowest BCUT2D eigenvalue weighted by atomic mass is 9.82. The Bertz CT molecular complexity index is 359. The molecule has 0 aromatic heterocycles. The maximum absolute atomic E-state index is 12.6. The van der Waals surface area contributed by atoms with Crippen molar-refractivity contribution in [2.75, 3.05) is 6.54 Å². The first-order valence-corrected chi connectivity index (χ1v) is 7.31. The highest BCUT2D eigenvalue weighted by atomic mass is 16.4. The molecule has 5 heteroatoms. The largest absolute Gasteiger partial charge is 0.480 e. The number of piperidine rings is 1. The Kier molecular flexibility index (Phi) is 4.45. The van der Waals surface area contributed by atoms with Crippen LogP contribution in [0.5, 0.6) is 0 Å². The summed E-state index contributed by atoms with van der Waals surface area (Å²) in [6.07, 6.45) is 5.53. The quantitative estimate of drug-likeness (QED) is 0.788. The summed E-state index contributed by atoms with van der Waals surface area (Å²) in [5.41, 5.74) is 6.05. The van der Waals surface area contributed by atoms with Crippen molar-refractivity contribution in [2.24, 2.45) is 17.6 Å². The van der Waals surface area contributed by atoms with Gasteiger partial charge in [0.05, 0.1) is 5.92 Å². The molecule has 1 saturated carbocycles. The van der Waals surface area contributed by atoms with Gasteiger partial charge in [0, 0.05) is 12.6 Å². The Morgan fingerprint density at radius 2 is 1.84 bits per heavy atom. The van der Waals surface area contributed by atoms with Crippen LogP contribution in [0.1, 0.15) is 45.4 Å². The third-order valence-corrected chi connectivity index (χ3v) is 4.61. The van der Waals surface area contributed by atoms with Gasteiger partial charge in [-0.05, 0) is 31.6 Å². The molecular weight excluding hydrogens is 244 g/mol. The number of carboxylic acids is 1. The Morgan fingerprint density at radius 3 is 2.47 bits per heavy atom. The van der Waals surface area contributed by atoms with Crippen LogP contribution in [0.3, 0.4) is 0 Å². The number of hydrogen-bond acceptors (Lipinski definition) is 3. The molecule has 0 bridgehead atoms. The van der Waals surface area contributed by atoms with Crippen LogP contribution < -0.4 is 5.73 Å². The zero-order valence-corrected chi connectivity index (χ0v) is 11.5. The highest BCUT2D eigenvalue weighted by Crippen LogP contribution is 2.30. The molecule has 19 heavy (non-hydrogen) atoms. The van der Waals surface area contributed by atoms with E-state index in [1.807, 2.05) is 6.92 Å². The average Bonchev–Trinajstić information content (AvgIpc) is 2.37. The Morgan fingerprint density at radius 1 is 1.16 bits per heavy atom. The van der Waals surface area contributed by atoms with Gasteiger partial charge >= 0.3 is 5.97 Å². The predicted octanol–water partition coefficient (Wildman–Crippen LogP) is 1.22. The standard InChI is InChI=1S/C14H24N2O3/c1-9-5-4-8-16(12(9)14(18)19)13(17)10-6-2-3-7-11(10)15/h9-12H,2-8,15H2,1H3,(H,18,19). The van der Waals surface area contributed by atoms with Gasteiger partial charge in [-0.25, -0.2) is 4.79 Å². The smallest absolute Gasteiger partial charge is 0.326 e. The highest BCUT2D eigenvalue weighted by molar-refractivity contribution is 5.86. The number of carboxylic acid groups (broad SMARTS) is 1. The molecule has 1 aliphatic carbocycles. The van der Waals surface area contributed by atoms with Gasteiger partial charge in [0.1, 0.15) is 6.04 Å². The molecule has 4 unspecified atom stereocenters. The lowest BCUT2D eigenvalue weighted by Crippen LogP contribution is -2.56. The lowest BCUT2D eigenvalue weighted by molar-refractivity contribution is -0.157. The molecule has 1 amide bonds. The summed E-state index contributed by atoms with van der Waals surface area (Å²) in [5, 5.41) is 9.37. The second-order valence-electron chi connectivity index (χ2n) is 5.99. The van der Waals surface area contributed by atoms with Crippen LogP contribution in [0.4, 0.5) is 0 Å². The molecule has 0 aromatic rings. The van der Waals surface area contributed by atoms with E-state index in [-0.39, 0.29) is 23.8 Å². The molecule has 1 heterocycles. The van der Waals surface area contributed by atoms with Crippen molar-refractivity contribution in [2.45, 2.75) is 57.5 Å². The van der Waals surface area contributed by atoms with Gasteiger partial charge in [0.15, 0.2) is 0 Å². The van der Waals surface area contributed by atoms with E-state index in [1.54, 1.807) is 4.90 Å². The molecule has 2 fully saturated rings. The number of amides is 1. The van der Waals surface area contributed by atoms with E-state index in [4.69, 9.17) is 5.73 Å². The molecule has 0 spiro atoms. The molecular formula is C14H24N2O3. The predicted molar refractivity (Wildman–Crippen MR) is 71.5 cm³/mol. The zero-order chi connectivity index (χ0) is 14.0. The van der Waals surface area contributed by atoms with Crippen molar-refractivity contribution in [3.63, 3.8) is 0 Å². The topological polar surface area (TPSA) is 83.6 Å². The van der Waals surface area contributed by atoms with Crippen molar-refractivity contribution < 1.29 is 14.7 Å². The van der Waals surface area contributed by atoms with Crippen LogP contribution in [-0.2, 0) is 9.59 Å². The lowest BCUT2D eigenvalue weighted by Gasteiger charge is -2.41. The molecule has 3 N–H and O–H groups in total. The summed E-state index contributed by atoms with van der Waals surface area (Å²) in [6.45, 7) is 2.47. The van der Waals surface area contributed by atoms with E-state index < -0.39 is 12.0 Å². The van der Waals surface area contributed by atoms with Gasteiger partial charge < -0.3 is 15.7 Å². The second kappa shape index (κ2) is 5.90. The molecule has 0 aromatic carbocycles. The van der Waals surface area contributed by atoms with E-state index in [9.17, 15) is 14.7 Å². The normalized spacial score (nSPS) is 36.0. The number of carbonyl (C=O) groups excluding carboxylic acids is 1. The fourth-order valence-electron chi connectivity index (χ4n) is 3.49. The third-order valence-electron chi connectivity index (χ3n) is 4.61. The highest BCUT2D eigenvalue weighted by Gasteiger charge is 2.41. The van der Waals surface area contributed by atoms with E-state index >= 15 is 0 Å². The van der Waals surface area contributed by atoms with Crippen molar-refractivity contribution in [1.29, 1.82) is 0 Å². The van der Waals surface area contributed by atoms with Crippen molar-refractivity contribution in [3.8, 4) is 0 Å². The first kappa shape index (κ1) is 14.3. The number of likely N-dealkylation sites (tertiary alicyclic amines) is 1. The van der Waals surface area contributed by atoms with Crippen LogP contribution in [-0.4, -0.2) is 40.5 Å². The molecule has 0 radical (unpaired) electrons. The molecule has 1 aliphatic heterocycles. The summed E-state index contributed by atoms with van der Waals surface area (Å²) < 4.78 is 0. The van der Waals surface area contributed by atoms with E-state index in [0.29, 0.717) is 6.54 Å². The number of nitrogens with zero attached hydrogens (tertiary/aromatic N) is 1. The van der Waals surface area contributed by atoms with Gasteiger partial charge in [-0.3, -0.25) is 4.79 Å². The molecule has 2 aliphatic rings. The number of rotatable bonds is 2. The molecule has 4 atom stereocenters. The fraction of sp³-hybridized carbons (Fsp3) is 0.857. The molecule has 2 rings (SSSR count). The fourth-order valence-corrected chi connectivity index (χ4v) is 3.49. The number of hydrogen-bond donors (Lipinski definition) is 2. The maximum atomic E-state index is 12.6. The summed E-state index contributed by atoms with van der Waals surface area (Å²) >= 11 is 0. The SMILES string of the molecule is CC1CCCN(C(=O)C2CCCCC2N)C1C(=O)O. The third kappa shape index (κ3) is 2.91. The van der Waals surface area contributed by atoms with Crippen LogP contribution in [0, 0.1) is 11.8 Å². The van der Waals surface area contributed by atoms with Gasteiger partial charge in [-0.2, -0.15) is 0 Å². The van der Waals surface area contributed by atoms with Crippen LogP contribution >= 0.6 is 0 Å². The Balaban J connectivity index is 2.13. The molecule has 1 saturated heterocycles. The van der Waals surface area contributed by atoms with Crippen LogP contribution in [0.25, 0.3) is 0 Å². The van der Waals surface area contributed by atoms with E-state index in [0.717, 1.165) is 38.5 Å². The minimum absolute atomic E-state index is 0.0232. The van der Waals surface area contributed by atoms with Crippen molar-refractivity contribution in [1.82, 2.24) is 4.90 Å². The first-order valence-electron chi connectivity index (χ1n) is 7.31. The molecule has 5 nitrogen and oxygen atoms in total. The number of carbonyl (C=O) groups is 2. The van der Waals surface area contributed by atoms with Gasteiger partial charge in [-0.1, -0.05) is 19.8 Å². The monoisotopic (exact) mass is 268 g/mol. The van der Waals surface area contributed by atoms with Crippen LogP contribution in [0.15, 0.2) is 0 Å². The van der Waals surface area contributed by atoms with Crippen molar-refractivity contribution >= 4 is 11.9 Å². The van der Waals surface area contributed by atoms with E-state index in [2.05, 4.69) is 0 Å². The van der Waals surface area contributed by atoms with Gasteiger partial charge in [0.25, 0.3) is 0 Å². The average molecular weight is 268 g/mol. The van der Waals surface area contributed by atoms with Gasteiger partial charge in [0.2, 0.25) is 5.91 Å². The molecule has 108 valence electrons. The maximum Gasteiger partial charge on any atom is 0.326 e. The first-order chi connectivity index (χ1) is 9.02. The van der Waals surface area contributed by atoms with Gasteiger partial charge in [-0.15, -0.1) is 0 Å².